The number of hydrogen-bond acceptors (Lipinski definition) is 7. The summed E-state index contributed by atoms with van der Waals surface area (Å²) in [4.78, 5) is 36.3. The molecule has 9 nitrogen and oxygen atoms in total. The largest absolute Gasteiger partial charge is 0.465 e. The molecule has 2 aromatic rings. The summed E-state index contributed by atoms with van der Waals surface area (Å²) in [7, 11) is -2.72. The number of nitrogens with one attached hydrogen (secondary N) is 1. The second-order valence-electron chi connectivity index (χ2n) is 7.45. The predicted molar refractivity (Wildman–Crippen MR) is 120 cm³/mol. The van der Waals surface area contributed by atoms with E-state index in [1.807, 2.05) is 0 Å². The summed E-state index contributed by atoms with van der Waals surface area (Å²) in [6.07, 6.45) is 0.679. The number of piperidine rings is 1. The van der Waals surface area contributed by atoms with E-state index >= 15 is 0 Å². The van der Waals surface area contributed by atoms with Crippen molar-refractivity contribution in [3.63, 3.8) is 0 Å². The molecule has 1 aliphatic rings. The zero-order chi connectivity index (χ0) is 24.0. The third-order valence-electron chi connectivity index (χ3n) is 5.40. The van der Waals surface area contributed by atoms with Crippen molar-refractivity contribution in [2.75, 3.05) is 32.1 Å². The molecule has 1 fully saturated rings. The molecular weight excluding hydrogens is 448 g/mol. The smallest absolute Gasteiger partial charge is 0.339 e. The van der Waals surface area contributed by atoms with E-state index in [1.54, 1.807) is 43.3 Å². The first-order chi connectivity index (χ1) is 15.8. The summed E-state index contributed by atoms with van der Waals surface area (Å²) >= 11 is 0. The normalized spacial score (nSPS) is 15.0. The van der Waals surface area contributed by atoms with Gasteiger partial charge < -0.3 is 14.8 Å². The van der Waals surface area contributed by atoms with Gasteiger partial charge in [-0.3, -0.25) is 4.79 Å². The van der Waals surface area contributed by atoms with E-state index in [-0.39, 0.29) is 42.0 Å². The molecule has 176 valence electrons. The van der Waals surface area contributed by atoms with Crippen molar-refractivity contribution in [1.82, 2.24) is 4.31 Å². The maximum absolute atomic E-state index is 13.1. The van der Waals surface area contributed by atoms with Crippen molar-refractivity contribution in [2.45, 2.75) is 24.7 Å². The zero-order valence-electron chi connectivity index (χ0n) is 18.4. The van der Waals surface area contributed by atoms with Gasteiger partial charge >= 0.3 is 11.9 Å². The quantitative estimate of drug-likeness (QED) is 0.613. The second-order valence-corrected chi connectivity index (χ2v) is 9.36. The Morgan fingerprint density at radius 2 is 1.64 bits per heavy atom. The first-order valence-corrected chi connectivity index (χ1v) is 12.0. The van der Waals surface area contributed by atoms with Crippen molar-refractivity contribution in [3.8, 4) is 0 Å². The summed E-state index contributed by atoms with van der Waals surface area (Å²) in [5, 5.41) is 2.81. The number of benzene rings is 2. The number of anilines is 1. The molecule has 0 aliphatic carbocycles. The number of carbonyl (C=O) groups excluding carboxylic acids is 3. The van der Waals surface area contributed by atoms with Crippen molar-refractivity contribution < 1.29 is 32.3 Å². The summed E-state index contributed by atoms with van der Waals surface area (Å²) < 4.78 is 37.1. The lowest BCUT2D eigenvalue weighted by Gasteiger charge is -2.31. The van der Waals surface area contributed by atoms with Gasteiger partial charge in [-0.25, -0.2) is 18.0 Å². The van der Waals surface area contributed by atoms with Crippen molar-refractivity contribution >= 4 is 33.6 Å². The van der Waals surface area contributed by atoms with Gasteiger partial charge in [0, 0.05) is 24.7 Å². The van der Waals surface area contributed by atoms with Gasteiger partial charge in [0.1, 0.15) is 0 Å². The fraction of sp³-hybridized carbons (Fsp3) is 0.348. The molecule has 1 amide bonds. The van der Waals surface area contributed by atoms with Gasteiger partial charge in [-0.2, -0.15) is 4.31 Å². The molecule has 0 spiro atoms. The standard InChI is InChI=1S/C23H26N2O7S/c1-3-32-22(27)17-8-10-18(11-9-17)24-21(26)16-12-14-25(15-13-16)33(29,30)20-7-5-4-6-19(20)23(28)31-2/h4-11,16H,3,12-15H2,1-2H3,(H,24,26). The minimum absolute atomic E-state index is 0.0221. The Hall–Kier alpha value is -3.24. The molecule has 0 unspecified atom stereocenters. The second kappa shape index (κ2) is 10.6. The number of methoxy groups -OCH3 is 1. The minimum Gasteiger partial charge on any atom is -0.465 e. The van der Waals surface area contributed by atoms with E-state index in [1.165, 1.54) is 23.5 Å². The molecule has 1 N–H and O–H groups in total. The van der Waals surface area contributed by atoms with Gasteiger partial charge in [0.2, 0.25) is 15.9 Å². The van der Waals surface area contributed by atoms with Crippen LogP contribution in [0.2, 0.25) is 0 Å². The maximum Gasteiger partial charge on any atom is 0.339 e. The predicted octanol–water partition coefficient (Wildman–Crippen LogP) is 2.69. The Balaban J connectivity index is 1.62. The molecule has 0 bridgehead atoms. The molecule has 1 aliphatic heterocycles. The molecule has 3 rings (SSSR count). The summed E-state index contributed by atoms with van der Waals surface area (Å²) in [6.45, 7) is 2.30. The van der Waals surface area contributed by atoms with Crippen LogP contribution < -0.4 is 5.32 Å². The van der Waals surface area contributed by atoms with Crippen LogP contribution in [0.1, 0.15) is 40.5 Å². The highest BCUT2D eigenvalue weighted by atomic mass is 32.2. The van der Waals surface area contributed by atoms with Crippen molar-refractivity contribution in [3.05, 3.63) is 59.7 Å². The number of hydrogen-bond donors (Lipinski definition) is 1. The topological polar surface area (TPSA) is 119 Å². The Morgan fingerprint density at radius 3 is 2.24 bits per heavy atom. The van der Waals surface area contributed by atoms with Crippen LogP contribution in [-0.4, -0.2) is 57.4 Å². The third-order valence-corrected chi connectivity index (χ3v) is 7.36. The van der Waals surface area contributed by atoms with Crippen LogP contribution in [0.5, 0.6) is 0 Å². The van der Waals surface area contributed by atoms with Crippen LogP contribution in [0.15, 0.2) is 53.4 Å². The Labute approximate surface area is 192 Å². The summed E-state index contributed by atoms with van der Waals surface area (Å²) in [5.74, 6) is -1.74. The van der Waals surface area contributed by atoms with Crippen LogP contribution >= 0.6 is 0 Å². The van der Waals surface area contributed by atoms with Gasteiger partial charge in [0.15, 0.2) is 0 Å². The molecule has 0 aromatic heterocycles. The molecule has 10 heteroatoms. The van der Waals surface area contributed by atoms with Gasteiger partial charge in [0.25, 0.3) is 0 Å². The summed E-state index contributed by atoms with van der Waals surface area (Å²) in [5.41, 5.74) is 0.904. The SMILES string of the molecule is CCOC(=O)c1ccc(NC(=O)C2CCN(S(=O)(=O)c3ccccc3C(=O)OC)CC2)cc1. The van der Waals surface area contributed by atoms with Crippen LogP contribution in [-0.2, 0) is 24.3 Å². The highest BCUT2D eigenvalue weighted by molar-refractivity contribution is 7.89. The fourth-order valence-corrected chi connectivity index (χ4v) is 5.27. The number of amides is 1. The number of sulfonamides is 1. The van der Waals surface area contributed by atoms with Gasteiger partial charge in [-0.1, -0.05) is 12.1 Å². The van der Waals surface area contributed by atoms with E-state index in [2.05, 4.69) is 5.32 Å². The lowest BCUT2D eigenvalue weighted by atomic mass is 9.97. The highest BCUT2D eigenvalue weighted by Crippen LogP contribution is 2.27. The zero-order valence-corrected chi connectivity index (χ0v) is 19.3. The number of esters is 2. The minimum atomic E-state index is -3.92. The van der Waals surface area contributed by atoms with E-state index in [4.69, 9.17) is 9.47 Å². The molecule has 33 heavy (non-hydrogen) atoms. The van der Waals surface area contributed by atoms with E-state index in [0.717, 1.165) is 0 Å². The fourth-order valence-electron chi connectivity index (χ4n) is 3.62. The maximum atomic E-state index is 13.1. The number of rotatable bonds is 7. The Morgan fingerprint density at radius 1 is 1.00 bits per heavy atom. The number of ether oxygens (including phenoxy) is 2. The summed E-state index contributed by atoms with van der Waals surface area (Å²) in [6, 6.07) is 12.3. The van der Waals surface area contributed by atoms with Crippen molar-refractivity contribution in [1.29, 1.82) is 0 Å². The average Bonchev–Trinajstić information content (AvgIpc) is 2.84. The molecule has 1 heterocycles. The third kappa shape index (κ3) is 5.58. The molecular formula is C23H26N2O7S. The van der Waals surface area contributed by atoms with Crippen LogP contribution in [0, 0.1) is 5.92 Å². The monoisotopic (exact) mass is 474 g/mol. The Kier molecular flexibility index (Phi) is 7.83. The van der Waals surface area contributed by atoms with Gasteiger partial charge in [-0.05, 0) is 56.2 Å². The van der Waals surface area contributed by atoms with Crippen LogP contribution in [0.3, 0.4) is 0 Å². The lowest BCUT2D eigenvalue weighted by molar-refractivity contribution is -0.120. The first kappa shape index (κ1) is 24.4. The lowest BCUT2D eigenvalue weighted by Crippen LogP contribution is -2.41. The molecule has 2 aromatic carbocycles. The van der Waals surface area contributed by atoms with E-state index in [9.17, 15) is 22.8 Å². The number of carbonyl (C=O) groups is 3. The number of nitrogens with zero attached hydrogens (tertiary/aromatic N) is 1. The Bertz CT molecular complexity index is 1120. The van der Waals surface area contributed by atoms with Crippen LogP contribution in [0.4, 0.5) is 5.69 Å². The van der Waals surface area contributed by atoms with Crippen LogP contribution in [0.25, 0.3) is 0 Å². The molecule has 0 radical (unpaired) electrons. The highest BCUT2D eigenvalue weighted by Gasteiger charge is 2.34. The van der Waals surface area contributed by atoms with Gasteiger partial charge in [0.05, 0.1) is 29.7 Å². The molecule has 0 atom stereocenters. The van der Waals surface area contributed by atoms with Crippen molar-refractivity contribution in [2.24, 2.45) is 5.92 Å². The van der Waals surface area contributed by atoms with Gasteiger partial charge in [-0.15, -0.1) is 0 Å². The molecule has 0 saturated carbocycles. The molecule has 1 saturated heterocycles. The van der Waals surface area contributed by atoms with E-state index in [0.29, 0.717) is 24.1 Å². The average molecular weight is 475 g/mol. The van der Waals surface area contributed by atoms with E-state index < -0.39 is 22.0 Å². The first-order valence-electron chi connectivity index (χ1n) is 10.5.